The van der Waals surface area contributed by atoms with Gasteiger partial charge in [-0.2, -0.15) is 13.5 Å². The monoisotopic (exact) mass is 349 g/mol. The number of hydrogen-bond acceptors (Lipinski definition) is 5. The summed E-state index contributed by atoms with van der Waals surface area (Å²) in [5.74, 6) is 0. The minimum absolute atomic E-state index is 0.206. The van der Waals surface area contributed by atoms with Gasteiger partial charge in [-0.05, 0) is 43.5 Å². The van der Waals surface area contributed by atoms with E-state index in [1.807, 2.05) is 6.07 Å². The number of sulfonamides is 1. The third-order valence-corrected chi connectivity index (χ3v) is 6.02. The van der Waals surface area contributed by atoms with E-state index in [1.165, 1.54) is 36.4 Å². The second-order valence-electron chi connectivity index (χ2n) is 5.39. The van der Waals surface area contributed by atoms with Gasteiger partial charge in [0.15, 0.2) is 0 Å². The van der Waals surface area contributed by atoms with Crippen LogP contribution in [-0.4, -0.2) is 27.7 Å². The molecule has 122 valence electrons. The van der Waals surface area contributed by atoms with Gasteiger partial charge in [-0.15, -0.1) is 11.3 Å². The van der Waals surface area contributed by atoms with Gasteiger partial charge >= 0.3 is 0 Å². The van der Waals surface area contributed by atoms with E-state index in [0.29, 0.717) is 0 Å². The molecule has 0 aliphatic carbocycles. The standard InChI is InChI=1S/C16H19N3O2S2/c20-23(21,15-7-3-1-4-8-15)18-17-13-14-9-10-16(22-14)19-11-5-2-6-12-19/h1,3-4,7-10,13,18H,2,5-6,11-12H2/b17-13-. The highest BCUT2D eigenvalue weighted by molar-refractivity contribution is 7.89. The van der Waals surface area contributed by atoms with Crippen molar-refractivity contribution in [2.24, 2.45) is 5.10 Å². The molecular formula is C16H19N3O2S2. The van der Waals surface area contributed by atoms with Crippen molar-refractivity contribution < 1.29 is 8.42 Å². The van der Waals surface area contributed by atoms with E-state index in [0.717, 1.165) is 18.0 Å². The van der Waals surface area contributed by atoms with E-state index in [9.17, 15) is 8.42 Å². The number of anilines is 1. The summed E-state index contributed by atoms with van der Waals surface area (Å²) in [6, 6.07) is 12.3. The first kappa shape index (κ1) is 16.0. The lowest BCUT2D eigenvalue weighted by molar-refractivity contribution is 0.580. The van der Waals surface area contributed by atoms with E-state index in [-0.39, 0.29) is 4.90 Å². The van der Waals surface area contributed by atoms with Gasteiger partial charge in [-0.1, -0.05) is 18.2 Å². The van der Waals surface area contributed by atoms with Crippen LogP contribution in [0.2, 0.25) is 0 Å². The van der Waals surface area contributed by atoms with E-state index < -0.39 is 10.0 Å². The number of nitrogens with zero attached hydrogens (tertiary/aromatic N) is 2. The van der Waals surface area contributed by atoms with Crippen molar-refractivity contribution in [1.29, 1.82) is 0 Å². The van der Waals surface area contributed by atoms with Crippen molar-refractivity contribution in [1.82, 2.24) is 4.83 Å². The van der Waals surface area contributed by atoms with Crippen molar-refractivity contribution in [2.75, 3.05) is 18.0 Å². The molecule has 0 bridgehead atoms. The number of nitrogens with one attached hydrogen (secondary N) is 1. The molecule has 0 saturated carbocycles. The van der Waals surface area contributed by atoms with Crippen LogP contribution in [0.4, 0.5) is 5.00 Å². The molecule has 7 heteroatoms. The zero-order chi connectivity index (χ0) is 16.1. The lowest BCUT2D eigenvalue weighted by atomic mass is 10.1. The van der Waals surface area contributed by atoms with Crippen molar-refractivity contribution in [2.45, 2.75) is 24.2 Å². The molecule has 1 saturated heterocycles. The molecular weight excluding hydrogens is 330 g/mol. The molecule has 23 heavy (non-hydrogen) atoms. The van der Waals surface area contributed by atoms with Gasteiger partial charge < -0.3 is 4.90 Å². The van der Waals surface area contributed by atoms with Crippen LogP contribution < -0.4 is 9.73 Å². The van der Waals surface area contributed by atoms with Crippen molar-refractivity contribution >= 4 is 32.6 Å². The van der Waals surface area contributed by atoms with Gasteiger partial charge in [-0.25, -0.2) is 4.83 Å². The largest absolute Gasteiger partial charge is 0.363 e. The summed E-state index contributed by atoms with van der Waals surface area (Å²) in [7, 11) is -3.60. The Kier molecular flexibility index (Phi) is 4.97. The maximum atomic E-state index is 12.0. The summed E-state index contributed by atoms with van der Waals surface area (Å²) in [6.07, 6.45) is 5.33. The van der Waals surface area contributed by atoms with Crippen molar-refractivity contribution in [3.05, 3.63) is 47.3 Å². The van der Waals surface area contributed by atoms with E-state index >= 15 is 0 Å². The van der Waals surface area contributed by atoms with Crippen LogP contribution >= 0.6 is 11.3 Å². The number of hydrazone groups is 1. The molecule has 2 aromatic rings. The third-order valence-electron chi connectivity index (χ3n) is 3.70. The fourth-order valence-corrected chi connectivity index (χ4v) is 4.25. The Labute approximate surface area is 140 Å². The molecule has 1 aliphatic heterocycles. The molecule has 1 aliphatic rings. The zero-order valence-electron chi connectivity index (χ0n) is 12.7. The Bertz CT molecular complexity index is 764. The molecule has 0 atom stereocenters. The van der Waals surface area contributed by atoms with Crippen LogP contribution in [0.5, 0.6) is 0 Å². The maximum absolute atomic E-state index is 12.0. The number of piperidine rings is 1. The first-order valence-corrected chi connectivity index (χ1v) is 9.90. The highest BCUT2D eigenvalue weighted by Crippen LogP contribution is 2.27. The van der Waals surface area contributed by atoms with Crippen LogP contribution in [0.1, 0.15) is 24.1 Å². The van der Waals surface area contributed by atoms with Crippen LogP contribution in [0, 0.1) is 0 Å². The predicted octanol–water partition coefficient (Wildman–Crippen LogP) is 3.05. The summed E-state index contributed by atoms with van der Waals surface area (Å²) in [5.41, 5.74) is 0. The van der Waals surface area contributed by atoms with Gasteiger partial charge in [0.25, 0.3) is 10.0 Å². The molecule has 1 aromatic heterocycles. The second-order valence-corrected chi connectivity index (χ2v) is 8.14. The molecule has 3 rings (SSSR count). The van der Waals surface area contributed by atoms with Gasteiger partial charge in [0, 0.05) is 18.0 Å². The van der Waals surface area contributed by atoms with Gasteiger partial charge in [0.2, 0.25) is 0 Å². The normalized spacial score (nSPS) is 15.9. The Hall–Kier alpha value is -1.86. The Morgan fingerprint density at radius 1 is 1.04 bits per heavy atom. The highest BCUT2D eigenvalue weighted by Gasteiger charge is 2.13. The highest BCUT2D eigenvalue weighted by atomic mass is 32.2. The van der Waals surface area contributed by atoms with E-state index in [2.05, 4.69) is 20.9 Å². The minimum atomic E-state index is -3.60. The summed E-state index contributed by atoms with van der Waals surface area (Å²) < 4.78 is 24.1. The Morgan fingerprint density at radius 2 is 1.78 bits per heavy atom. The first-order valence-electron chi connectivity index (χ1n) is 7.60. The molecule has 0 radical (unpaired) electrons. The summed E-state index contributed by atoms with van der Waals surface area (Å²) in [5, 5.41) is 5.10. The second kappa shape index (κ2) is 7.14. The number of benzene rings is 1. The lowest BCUT2D eigenvalue weighted by Gasteiger charge is -2.27. The Balaban J connectivity index is 1.63. The molecule has 1 fully saturated rings. The van der Waals surface area contributed by atoms with E-state index in [1.54, 1.807) is 35.8 Å². The first-order chi connectivity index (χ1) is 11.1. The number of hydrogen-bond donors (Lipinski definition) is 1. The fourth-order valence-electron chi connectivity index (χ4n) is 2.51. The van der Waals surface area contributed by atoms with Crippen molar-refractivity contribution in [3.63, 3.8) is 0 Å². The molecule has 1 N–H and O–H groups in total. The van der Waals surface area contributed by atoms with Crippen LogP contribution in [-0.2, 0) is 10.0 Å². The lowest BCUT2D eigenvalue weighted by Crippen LogP contribution is -2.28. The SMILES string of the molecule is O=S(=O)(N/N=C\c1ccc(N2CCCCC2)s1)c1ccccc1. The molecule has 2 heterocycles. The molecule has 0 spiro atoms. The third kappa shape index (κ3) is 4.11. The van der Waals surface area contributed by atoms with Gasteiger partial charge in [0.05, 0.1) is 16.1 Å². The fraction of sp³-hybridized carbons (Fsp3) is 0.312. The average molecular weight is 349 g/mol. The smallest absolute Gasteiger partial charge is 0.276 e. The predicted molar refractivity (Wildman–Crippen MR) is 94.7 cm³/mol. The van der Waals surface area contributed by atoms with Crippen molar-refractivity contribution in [3.8, 4) is 0 Å². The topological polar surface area (TPSA) is 61.8 Å². The van der Waals surface area contributed by atoms with Gasteiger partial charge in [0.1, 0.15) is 0 Å². The van der Waals surface area contributed by atoms with Crippen LogP contribution in [0.3, 0.4) is 0 Å². The molecule has 0 amide bonds. The van der Waals surface area contributed by atoms with Crippen LogP contribution in [0.15, 0.2) is 52.5 Å². The summed E-state index contributed by atoms with van der Waals surface area (Å²) in [4.78, 5) is 5.76. The maximum Gasteiger partial charge on any atom is 0.276 e. The Morgan fingerprint density at radius 3 is 2.52 bits per heavy atom. The minimum Gasteiger partial charge on any atom is -0.363 e. The van der Waals surface area contributed by atoms with Gasteiger partial charge in [-0.3, -0.25) is 0 Å². The summed E-state index contributed by atoms with van der Waals surface area (Å²) in [6.45, 7) is 2.19. The van der Waals surface area contributed by atoms with Crippen LogP contribution in [0.25, 0.3) is 0 Å². The number of thiophene rings is 1. The molecule has 5 nitrogen and oxygen atoms in total. The summed E-state index contributed by atoms with van der Waals surface area (Å²) >= 11 is 1.63. The molecule has 1 aromatic carbocycles. The zero-order valence-corrected chi connectivity index (χ0v) is 14.3. The number of rotatable bonds is 5. The quantitative estimate of drug-likeness (QED) is 0.667. The van der Waals surface area contributed by atoms with E-state index in [4.69, 9.17) is 0 Å². The molecule has 0 unspecified atom stereocenters. The average Bonchev–Trinajstić information content (AvgIpc) is 3.05.